The molecule has 0 saturated heterocycles. The lowest BCUT2D eigenvalue weighted by Gasteiger charge is -2.02. The molecule has 0 spiro atoms. The van der Waals surface area contributed by atoms with E-state index < -0.39 is 6.10 Å². The molecule has 0 amide bonds. The van der Waals surface area contributed by atoms with Crippen molar-refractivity contribution < 1.29 is 10.2 Å². The van der Waals surface area contributed by atoms with Gasteiger partial charge in [0.2, 0.25) is 0 Å². The summed E-state index contributed by atoms with van der Waals surface area (Å²) in [5.41, 5.74) is 0. The van der Waals surface area contributed by atoms with E-state index in [9.17, 15) is 5.11 Å². The lowest BCUT2D eigenvalue weighted by molar-refractivity contribution is 0.208. The molecule has 2 nitrogen and oxygen atoms in total. The number of allylic oxidation sites excluding steroid dienone is 2. The summed E-state index contributed by atoms with van der Waals surface area (Å²) in [4.78, 5) is 0. The first kappa shape index (κ1) is 15.5. The topological polar surface area (TPSA) is 40.5 Å². The number of hydrogen-bond acceptors (Lipinski definition) is 2. The van der Waals surface area contributed by atoms with E-state index in [1.54, 1.807) is 24.3 Å². The van der Waals surface area contributed by atoms with Crippen molar-refractivity contribution in [1.82, 2.24) is 0 Å². The highest BCUT2D eigenvalue weighted by atomic mass is 16.3. The van der Waals surface area contributed by atoms with Gasteiger partial charge in [-0.05, 0) is 36.5 Å². The summed E-state index contributed by atoms with van der Waals surface area (Å²) in [6.07, 6.45) is 10.2. The molecule has 0 aromatic rings. The van der Waals surface area contributed by atoms with Crippen molar-refractivity contribution in [2.24, 2.45) is 0 Å². The van der Waals surface area contributed by atoms with E-state index in [1.807, 2.05) is 0 Å². The Hall–Kier alpha value is -1.48. The molecule has 0 aromatic carbocycles. The largest absolute Gasteiger partial charge is 0.392 e. The highest BCUT2D eigenvalue weighted by Gasteiger charge is 1.96. The Morgan fingerprint density at radius 1 is 1.12 bits per heavy atom. The Bertz CT molecular complexity index is 345. The minimum absolute atomic E-state index is 0.00797. The van der Waals surface area contributed by atoms with E-state index in [1.165, 1.54) is 0 Å². The van der Waals surface area contributed by atoms with Crippen LogP contribution in [-0.2, 0) is 0 Å². The smallest absolute Gasteiger partial charge is 0.0730 e. The van der Waals surface area contributed by atoms with Gasteiger partial charge in [-0.15, -0.1) is 0 Å². The third-order valence-electron chi connectivity index (χ3n) is 2.02. The van der Waals surface area contributed by atoms with Crippen molar-refractivity contribution in [3.63, 3.8) is 0 Å². The van der Waals surface area contributed by atoms with Gasteiger partial charge in [0.25, 0.3) is 0 Å². The Morgan fingerprint density at radius 3 is 2.47 bits per heavy atom. The van der Waals surface area contributed by atoms with Gasteiger partial charge in [0.05, 0.1) is 12.7 Å². The molecule has 2 heteroatoms. The second kappa shape index (κ2) is 12.6. The predicted molar refractivity (Wildman–Crippen MR) is 71.1 cm³/mol. The summed E-state index contributed by atoms with van der Waals surface area (Å²) < 4.78 is 0. The highest BCUT2D eigenvalue weighted by Crippen LogP contribution is 2.03. The maximum atomic E-state index is 9.52. The zero-order valence-corrected chi connectivity index (χ0v) is 10.3. The Kier molecular flexibility index (Phi) is 11.5. The predicted octanol–water partition coefficient (Wildman–Crippen LogP) is 2.04. The van der Waals surface area contributed by atoms with Gasteiger partial charge in [0.15, 0.2) is 0 Å². The van der Waals surface area contributed by atoms with E-state index >= 15 is 0 Å². The number of unbranched alkanes of at least 4 members (excludes halogenated alkanes) is 2. The van der Waals surface area contributed by atoms with E-state index in [-0.39, 0.29) is 6.61 Å². The third kappa shape index (κ3) is 12.5. The molecule has 0 bridgehead atoms. The standard InChI is InChI=1S/C15H20O2/c1-2-3-9-12-15(17)13-10-7-5-4-6-8-11-14-16/h8,10-11,13,15-17H,2-3,9,12,14H2,1H3/b11-8-,13-10+/t15-/m1/s1. The molecule has 17 heavy (non-hydrogen) atoms. The van der Waals surface area contributed by atoms with Gasteiger partial charge < -0.3 is 10.2 Å². The van der Waals surface area contributed by atoms with Crippen LogP contribution in [0.3, 0.4) is 0 Å². The Balaban J connectivity index is 3.80. The second-order valence-electron chi connectivity index (χ2n) is 3.55. The number of aliphatic hydroxyl groups is 2. The molecular weight excluding hydrogens is 212 g/mol. The average Bonchev–Trinajstić information content (AvgIpc) is 2.33. The maximum absolute atomic E-state index is 9.52. The van der Waals surface area contributed by atoms with Crippen molar-refractivity contribution >= 4 is 0 Å². The van der Waals surface area contributed by atoms with Crippen molar-refractivity contribution in [3.05, 3.63) is 24.3 Å². The van der Waals surface area contributed by atoms with Gasteiger partial charge in [-0.2, -0.15) is 0 Å². The molecule has 0 heterocycles. The minimum Gasteiger partial charge on any atom is -0.392 e. The Labute approximate surface area is 104 Å². The summed E-state index contributed by atoms with van der Waals surface area (Å²) in [6.45, 7) is 2.13. The Morgan fingerprint density at radius 2 is 1.82 bits per heavy atom. The number of hydrogen-bond donors (Lipinski definition) is 2. The van der Waals surface area contributed by atoms with Crippen LogP contribution in [-0.4, -0.2) is 22.9 Å². The summed E-state index contributed by atoms with van der Waals surface area (Å²) in [6, 6.07) is 0. The summed E-state index contributed by atoms with van der Waals surface area (Å²) in [5, 5.41) is 17.9. The molecule has 0 radical (unpaired) electrons. The van der Waals surface area contributed by atoms with Crippen molar-refractivity contribution in [2.75, 3.05) is 6.61 Å². The second-order valence-corrected chi connectivity index (χ2v) is 3.55. The number of aliphatic hydroxyl groups excluding tert-OH is 2. The fourth-order valence-electron chi connectivity index (χ4n) is 1.13. The van der Waals surface area contributed by atoms with Crippen molar-refractivity contribution in [2.45, 2.75) is 38.7 Å². The van der Waals surface area contributed by atoms with Crippen LogP contribution in [0.25, 0.3) is 0 Å². The fourth-order valence-corrected chi connectivity index (χ4v) is 1.13. The van der Waals surface area contributed by atoms with Gasteiger partial charge in [0.1, 0.15) is 0 Å². The summed E-state index contributed by atoms with van der Waals surface area (Å²) in [7, 11) is 0. The molecule has 0 aromatic heterocycles. The quantitative estimate of drug-likeness (QED) is 0.543. The normalized spacial score (nSPS) is 11.9. The first-order valence-corrected chi connectivity index (χ1v) is 5.93. The van der Waals surface area contributed by atoms with E-state index in [4.69, 9.17) is 5.11 Å². The molecule has 0 fully saturated rings. The molecular formula is C15H20O2. The van der Waals surface area contributed by atoms with Crippen LogP contribution in [0, 0.1) is 23.7 Å². The van der Waals surface area contributed by atoms with Crippen LogP contribution in [0.5, 0.6) is 0 Å². The molecule has 0 unspecified atom stereocenters. The summed E-state index contributed by atoms with van der Waals surface area (Å²) >= 11 is 0. The lowest BCUT2D eigenvalue weighted by atomic mass is 10.1. The van der Waals surface area contributed by atoms with Gasteiger partial charge in [0, 0.05) is 0 Å². The van der Waals surface area contributed by atoms with Crippen LogP contribution < -0.4 is 0 Å². The van der Waals surface area contributed by atoms with Gasteiger partial charge in [-0.25, -0.2) is 0 Å². The fraction of sp³-hybridized carbons (Fsp3) is 0.467. The molecule has 0 aliphatic heterocycles. The lowest BCUT2D eigenvalue weighted by Crippen LogP contribution is -2.00. The molecule has 0 rings (SSSR count). The van der Waals surface area contributed by atoms with E-state index in [2.05, 4.69) is 30.6 Å². The monoisotopic (exact) mass is 232 g/mol. The van der Waals surface area contributed by atoms with Crippen molar-refractivity contribution in [1.29, 1.82) is 0 Å². The molecule has 0 aliphatic rings. The van der Waals surface area contributed by atoms with Crippen LogP contribution >= 0.6 is 0 Å². The zero-order chi connectivity index (χ0) is 12.8. The van der Waals surface area contributed by atoms with E-state index in [0.717, 1.165) is 25.7 Å². The number of rotatable bonds is 6. The first-order valence-electron chi connectivity index (χ1n) is 5.93. The zero-order valence-electron chi connectivity index (χ0n) is 10.3. The molecule has 92 valence electrons. The van der Waals surface area contributed by atoms with Gasteiger partial charge in [-0.3, -0.25) is 0 Å². The summed E-state index contributed by atoms with van der Waals surface area (Å²) in [5.74, 6) is 10.6. The molecule has 1 atom stereocenters. The molecule has 2 N–H and O–H groups in total. The minimum atomic E-state index is -0.405. The SMILES string of the molecule is CCCCC[C@@H](O)/C=C/C#CC#C/C=C\CO. The highest BCUT2D eigenvalue weighted by molar-refractivity contribution is 5.34. The molecule has 0 aliphatic carbocycles. The van der Waals surface area contributed by atoms with E-state index in [0.29, 0.717) is 0 Å². The van der Waals surface area contributed by atoms with Crippen molar-refractivity contribution in [3.8, 4) is 23.7 Å². The third-order valence-corrected chi connectivity index (χ3v) is 2.02. The van der Waals surface area contributed by atoms with Gasteiger partial charge in [-0.1, -0.05) is 44.1 Å². The first-order chi connectivity index (χ1) is 8.31. The average molecular weight is 232 g/mol. The molecule has 0 saturated carbocycles. The van der Waals surface area contributed by atoms with Gasteiger partial charge >= 0.3 is 0 Å². The van der Waals surface area contributed by atoms with Crippen LogP contribution in [0.15, 0.2) is 24.3 Å². The van der Waals surface area contributed by atoms with Crippen LogP contribution in [0.4, 0.5) is 0 Å². The maximum Gasteiger partial charge on any atom is 0.0730 e. The van der Waals surface area contributed by atoms with Crippen LogP contribution in [0.1, 0.15) is 32.6 Å². The van der Waals surface area contributed by atoms with Crippen LogP contribution in [0.2, 0.25) is 0 Å².